The summed E-state index contributed by atoms with van der Waals surface area (Å²) in [4.78, 5) is 18.1. The highest BCUT2D eigenvalue weighted by Crippen LogP contribution is 2.28. The molecule has 2 heterocycles. The van der Waals surface area contributed by atoms with Crippen LogP contribution in [0.1, 0.15) is 0 Å². The maximum Gasteiger partial charge on any atom is 0.417 e. The summed E-state index contributed by atoms with van der Waals surface area (Å²) in [5.74, 6) is 0.0780. The predicted octanol–water partition coefficient (Wildman–Crippen LogP) is 2.70. The molecule has 0 fully saturated rings. The summed E-state index contributed by atoms with van der Waals surface area (Å²) < 4.78 is 5.22. The first kappa shape index (κ1) is 10.5. The van der Waals surface area contributed by atoms with Crippen LogP contribution in [0, 0.1) is 0 Å². The number of nitrogens with zero attached hydrogens (tertiary/aromatic N) is 1. The van der Waals surface area contributed by atoms with Gasteiger partial charge in [-0.05, 0) is 12.1 Å². The van der Waals surface area contributed by atoms with Crippen molar-refractivity contribution in [3.8, 4) is 22.6 Å². The zero-order chi connectivity index (χ0) is 12.4. The molecule has 0 aliphatic rings. The SMILES string of the molecule is O=c1[nH]c(-c2ccccc2)c(-c2ccncc2)o1. The molecule has 1 aromatic carbocycles. The summed E-state index contributed by atoms with van der Waals surface area (Å²) >= 11 is 0. The molecule has 0 saturated carbocycles. The van der Waals surface area contributed by atoms with Gasteiger partial charge < -0.3 is 4.42 Å². The van der Waals surface area contributed by atoms with E-state index in [0.717, 1.165) is 11.1 Å². The predicted molar refractivity (Wildman–Crippen MR) is 68.0 cm³/mol. The molecule has 0 spiro atoms. The van der Waals surface area contributed by atoms with Crippen molar-refractivity contribution in [1.82, 2.24) is 9.97 Å². The molecule has 1 N–H and O–H groups in total. The summed E-state index contributed by atoms with van der Waals surface area (Å²) in [7, 11) is 0. The van der Waals surface area contributed by atoms with Gasteiger partial charge in [-0.2, -0.15) is 0 Å². The molecule has 0 bridgehead atoms. The Balaban J connectivity index is 2.21. The van der Waals surface area contributed by atoms with Crippen LogP contribution in [-0.4, -0.2) is 9.97 Å². The zero-order valence-corrected chi connectivity index (χ0v) is 9.46. The molecule has 0 aliphatic heterocycles. The fourth-order valence-electron chi connectivity index (χ4n) is 1.84. The van der Waals surface area contributed by atoms with Gasteiger partial charge in [-0.25, -0.2) is 4.79 Å². The number of aromatic nitrogens is 2. The lowest BCUT2D eigenvalue weighted by Gasteiger charge is -2.01. The first-order valence-electron chi connectivity index (χ1n) is 5.53. The van der Waals surface area contributed by atoms with Gasteiger partial charge in [0.15, 0.2) is 5.76 Å². The first-order valence-corrected chi connectivity index (χ1v) is 5.53. The second-order valence-corrected chi connectivity index (χ2v) is 3.82. The Labute approximate surface area is 103 Å². The van der Waals surface area contributed by atoms with Crippen LogP contribution < -0.4 is 5.76 Å². The minimum Gasteiger partial charge on any atom is -0.407 e. The van der Waals surface area contributed by atoms with Crippen molar-refractivity contribution in [1.29, 1.82) is 0 Å². The third-order valence-electron chi connectivity index (χ3n) is 2.65. The summed E-state index contributed by atoms with van der Waals surface area (Å²) in [5.41, 5.74) is 2.42. The second-order valence-electron chi connectivity index (χ2n) is 3.82. The molecule has 0 saturated heterocycles. The molecular weight excluding hydrogens is 228 g/mol. The average molecular weight is 238 g/mol. The molecular formula is C14H10N2O2. The van der Waals surface area contributed by atoms with Gasteiger partial charge in [0, 0.05) is 23.5 Å². The largest absolute Gasteiger partial charge is 0.417 e. The maximum atomic E-state index is 11.4. The third kappa shape index (κ3) is 1.84. The lowest BCUT2D eigenvalue weighted by atomic mass is 10.1. The van der Waals surface area contributed by atoms with Crippen LogP contribution in [0.5, 0.6) is 0 Å². The van der Waals surface area contributed by atoms with Crippen molar-refractivity contribution in [3.05, 3.63) is 65.4 Å². The van der Waals surface area contributed by atoms with Gasteiger partial charge in [-0.1, -0.05) is 30.3 Å². The van der Waals surface area contributed by atoms with Crippen molar-refractivity contribution in [2.24, 2.45) is 0 Å². The van der Waals surface area contributed by atoms with Gasteiger partial charge in [0.25, 0.3) is 0 Å². The number of H-pyrrole nitrogens is 1. The molecule has 0 aliphatic carbocycles. The number of pyridine rings is 1. The molecule has 0 amide bonds. The van der Waals surface area contributed by atoms with Gasteiger partial charge in [0.05, 0.1) is 5.69 Å². The van der Waals surface area contributed by atoms with E-state index in [4.69, 9.17) is 4.42 Å². The van der Waals surface area contributed by atoms with Crippen LogP contribution >= 0.6 is 0 Å². The standard InChI is InChI=1S/C14H10N2O2/c17-14-16-12(10-4-2-1-3-5-10)13(18-14)11-6-8-15-9-7-11/h1-9H,(H,16,17). The molecule has 4 nitrogen and oxygen atoms in total. The van der Waals surface area contributed by atoms with Gasteiger partial charge in [-0.3, -0.25) is 9.97 Å². The molecule has 2 aromatic heterocycles. The van der Waals surface area contributed by atoms with Crippen LogP contribution in [0.25, 0.3) is 22.6 Å². The number of oxazole rings is 1. The van der Waals surface area contributed by atoms with Crippen molar-refractivity contribution in [2.45, 2.75) is 0 Å². The number of benzene rings is 1. The fraction of sp³-hybridized carbons (Fsp3) is 0. The number of hydrogen-bond acceptors (Lipinski definition) is 3. The Morgan fingerprint density at radius 1 is 0.944 bits per heavy atom. The van der Waals surface area contributed by atoms with E-state index in [-0.39, 0.29) is 0 Å². The van der Waals surface area contributed by atoms with Gasteiger partial charge in [-0.15, -0.1) is 0 Å². The lowest BCUT2D eigenvalue weighted by Crippen LogP contribution is -1.94. The number of aromatic amines is 1. The molecule has 88 valence electrons. The van der Waals surface area contributed by atoms with Gasteiger partial charge in [0.2, 0.25) is 0 Å². The third-order valence-corrected chi connectivity index (χ3v) is 2.65. The molecule has 0 radical (unpaired) electrons. The maximum absolute atomic E-state index is 11.4. The lowest BCUT2D eigenvalue weighted by molar-refractivity contribution is 0.528. The van der Waals surface area contributed by atoms with E-state index in [1.165, 1.54) is 0 Å². The molecule has 3 rings (SSSR count). The minimum atomic E-state index is -0.458. The second kappa shape index (κ2) is 4.33. The highest BCUT2D eigenvalue weighted by molar-refractivity contribution is 5.76. The topological polar surface area (TPSA) is 58.9 Å². The van der Waals surface area contributed by atoms with Crippen molar-refractivity contribution in [2.75, 3.05) is 0 Å². The van der Waals surface area contributed by atoms with Crippen molar-refractivity contribution in [3.63, 3.8) is 0 Å². The highest BCUT2D eigenvalue weighted by atomic mass is 16.4. The number of nitrogens with one attached hydrogen (secondary N) is 1. The average Bonchev–Trinajstić information content (AvgIpc) is 2.83. The summed E-state index contributed by atoms with van der Waals surface area (Å²) in [6, 6.07) is 13.2. The number of rotatable bonds is 2. The van der Waals surface area contributed by atoms with E-state index in [0.29, 0.717) is 11.5 Å². The monoisotopic (exact) mass is 238 g/mol. The van der Waals surface area contributed by atoms with Gasteiger partial charge in [0.1, 0.15) is 0 Å². The Kier molecular flexibility index (Phi) is 2.53. The molecule has 0 atom stereocenters. The highest BCUT2D eigenvalue weighted by Gasteiger charge is 2.13. The smallest absolute Gasteiger partial charge is 0.407 e. The van der Waals surface area contributed by atoms with E-state index in [1.807, 2.05) is 30.3 Å². The molecule has 3 aromatic rings. The normalized spacial score (nSPS) is 10.4. The van der Waals surface area contributed by atoms with Crippen LogP contribution in [0.2, 0.25) is 0 Å². The first-order chi connectivity index (χ1) is 8.84. The molecule has 4 heteroatoms. The van der Waals surface area contributed by atoms with E-state index in [1.54, 1.807) is 24.5 Å². The molecule has 0 unspecified atom stereocenters. The quantitative estimate of drug-likeness (QED) is 0.746. The molecule has 18 heavy (non-hydrogen) atoms. The van der Waals surface area contributed by atoms with E-state index in [2.05, 4.69) is 9.97 Å². The minimum absolute atomic E-state index is 0.458. The van der Waals surface area contributed by atoms with E-state index >= 15 is 0 Å². The van der Waals surface area contributed by atoms with Crippen molar-refractivity contribution >= 4 is 0 Å². The van der Waals surface area contributed by atoms with Crippen molar-refractivity contribution < 1.29 is 4.42 Å². The zero-order valence-electron chi connectivity index (χ0n) is 9.46. The van der Waals surface area contributed by atoms with Gasteiger partial charge >= 0.3 is 5.76 Å². The fourth-order valence-corrected chi connectivity index (χ4v) is 1.84. The van der Waals surface area contributed by atoms with Crippen LogP contribution in [0.4, 0.5) is 0 Å². The summed E-state index contributed by atoms with van der Waals surface area (Å²) in [5, 5.41) is 0. The van der Waals surface area contributed by atoms with Crippen LogP contribution in [0.3, 0.4) is 0 Å². The summed E-state index contributed by atoms with van der Waals surface area (Å²) in [6.45, 7) is 0. The Bertz CT molecular complexity index is 639. The Morgan fingerprint density at radius 2 is 1.67 bits per heavy atom. The van der Waals surface area contributed by atoms with Crippen LogP contribution in [-0.2, 0) is 0 Å². The van der Waals surface area contributed by atoms with E-state index in [9.17, 15) is 4.79 Å². The Morgan fingerprint density at radius 3 is 2.39 bits per heavy atom. The number of hydrogen-bond donors (Lipinski definition) is 1. The van der Waals surface area contributed by atoms with Crippen LogP contribution in [0.15, 0.2) is 64.1 Å². The Hall–Kier alpha value is -2.62. The summed E-state index contributed by atoms with van der Waals surface area (Å²) in [6.07, 6.45) is 3.33. The van der Waals surface area contributed by atoms with E-state index < -0.39 is 5.76 Å².